The van der Waals surface area contributed by atoms with Crippen LogP contribution in [-0.2, 0) is 36.2 Å². The van der Waals surface area contributed by atoms with Crippen LogP contribution in [0, 0.1) is 0 Å². The molecule has 11 N–H and O–H groups in total. The quantitative estimate of drug-likeness (QED) is 0.307. The fourth-order valence-electron chi connectivity index (χ4n) is 0.118. The third kappa shape index (κ3) is 86800. The van der Waals surface area contributed by atoms with Crippen molar-refractivity contribution in [2.45, 2.75) is 34.1 Å². The fraction of sp³-hybridized carbons (Fsp3) is 0.636. The van der Waals surface area contributed by atoms with Crippen LogP contribution in [0.15, 0.2) is 0 Å². The number of carbonyl (C=O) groups is 4. The molecule has 0 aromatic carbocycles. The van der Waals surface area contributed by atoms with Gasteiger partial charge in [0.2, 0.25) is 0 Å². The Morgan fingerprint density at radius 2 is 0.739 bits per heavy atom. The molecular formula is C11H29FeN3O8. The summed E-state index contributed by atoms with van der Waals surface area (Å²) in [5, 5.41) is 29.7. The van der Waals surface area contributed by atoms with Crippen LogP contribution in [0.4, 0.5) is 0 Å². The van der Waals surface area contributed by atoms with Crippen LogP contribution in [0.25, 0.3) is 0 Å². The molecule has 0 saturated carbocycles. The second-order valence-corrected chi connectivity index (χ2v) is 3.01. The first-order valence-corrected chi connectivity index (χ1v) is 5.53. The molecule has 0 aromatic heterocycles. The molecule has 0 aliphatic carbocycles. The van der Waals surface area contributed by atoms with Crippen molar-refractivity contribution in [1.82, 2.24) is 6.15 Å². The van der Waals surface area contributed by atoms with Crippen molar-refractivity contribution in [3.05, 3.63) is 0 Å². The van der Waals surface area contributed by atoms with Crippen LogP contribution in [0.3, 0.4) is 0 Å². The topological polar surface area (TPSA) is 236 Å². The number of nitrogens with two attached hydrogens (primary N) is 2. The van der Waals surface area contributed by atoms with Crippen molar-refractivity contribution in [3.8, 4) is 0 Å². The number of hydrogen-bond donors (Lipinski definition) is 7. The Hall–Kier alpha value is -1.72. The van der Waals surface area contributed by atoms with E-state index in [2.05, 4.69) is 0 Å². The maximum atomic E-state index is 9.00. The van der Waals surface area contributed by atoms with E-state index in [4.69, 9.17) is 51.1 Å². The van der Waals surface area contributed by atoms with E-state index >= 15 is 0 Å². The summed E-state index contributed by atoms with van der Waals surface area (Å²) in [5.74, 6) is -3.33. The molecule has 0 aliphatic heterocycles. The van der Waals surface area contributed by atoms with Gasteiger partial charge in [0.15, 0.2) is 0 Å². The molecule has 11 nitrogen and oxygen atoms in total. The van der Waals surface area contributed by atoms with Crippen molar-refractivity contribution < 1.29 is 56.7 Å². The van der Waals surface area contributed by atoms with Gasteiger partial charge < -0.3 is 38.0 Å². The van der Waals surface area contributed by atoms with Gasteiger partial charge in [-0.05, 0) is 19.5 Å². The van der Waals surface area contributed by atoms with Gasteiger partial charge in [-0.2, -0.15) is 0 Å². The minimum absolute atomic E-state index is 0. The molecule has 0 aliphatic rings. The van der Waals surface area contributed by atoms with E-state index in [1.54, 1.807) is 0 Å². The zero-order valence-corrected chi connectivity index (χ0v) is 14.9. The first-order chi connectivity index (χ1) is 9.34. The van der Waals surface area contributed by atoms with E-state index in [1.165, 1.54) is 0 Å². The summed E-state index contributed by atoms with van der Waals surface area (Å²) in [6.45, 7) is 5.77. The van der Waals surface area contributed by atoms with Gasteiger partial charge in [-0.25, -0.2) is 0 Å². The Morgan fingerprint density at radius 1 is 0.652 bits per heavy atom. The second kappa shape index (κ2) is 42.7. The van der Waals surface area contributed by atoms with Gasteiger partial charge in [0.25, 0.3) is 23.9 Å². The molecule has 12 heteroatoms. The van der Waals surface area contributed by atoms with Gasteiger partial charge in [-0.3, -0.25) is 19.2 Å². The maximum Gasteiger partial charge on any atom is 0.300 e. The van der Waals surface area contributed by atoms with E-state index in [-0.39, 0.29) is 23.2 Å². The standard InChI is InChI=1S/C3H10N2.4C2H4O2.Fe.H3N/c4-2-1-3-5;4*1-2(3)4;;/h1-5H2;4*1H3,(H,3,4);;1H3. The summed E-state index contributed by atoms with van der Waals surface area (Å²) >= 11 is 0. The Morgan fingerprint density at radius 3 is 0.739 bits per heavy atom. The van der Waals surface area contributed by atoms with Crippen molar-refractivity contribution in [2.24, 2.45) is 11.5 Å². The molecule has 0 fully saturated rings. The van der Waals surface area contributed by atoms with Crippen molar-refractivity contribution in [2.75, 3.05) is 13.1 Å². The molecule has 0 radical (unpaired) electrons. The van der Waals surface area contributed by atoms with Gasteiger partial charge in [0, 0.05) is 44.8 Å². The number of aliphatic carboxylic acids is 4. The van der Waals surface area contributed by atoms with Gasteiger partial charge in [-0.1, -0.05) is 0 Å². The van der Waals surface area contributed by atoms with Crippen LogP contribution in [0.1, 0.15) is 34.1 Å². The van der Waals surface area contributed by atoms with Gasteiger partial charge in [-0.15, -0.1) is 0 Å². The Labute approximate surface area is 146 Å². The number of carboxylic acids is 4. The molecule has 0 bridgehead atoms. The van der Waals surface area contributed by atoms with E-state index in [0.29, 0.717) is 0 Å². The molecule has 23 heavy (non-hydrogen) atoms. The van der Waals surface area contributed by atoms with Gasteiger partial charge >= 0.3 is 0 Å². The summed E-state index contributed by atoms with van der Waals surface area (Å²) in [6, 6.07) is 0. The molecule has 0 aromatic rings. The largest absolute Gasteiger partial charge is 0.481 e. The first kappa shape index (κ1) is 42.9. The average Bonchev–Trinajstić information content (AvgIpc) is 2.14. The van der Waals surface area contributed by atoms with Crippen molar-refractivity contribution >= 4 is 23.9 Å². The number of carboxylic acid groups (broad SMARTS) is 4. The molecule has 0 atom stereocenters. The normalized spacial score (nSPS) is 6.17. The summed E-state index contributed by atoms with van der Waals surface area (Å²) in [7, 11) is 0. The average molecular weight is 387 g/mol. The summed E-state index contributed by atoms with van der Waals surface area (Å²) in [4.78, 5) is 36.0. The van der Waals surface area contributed by atoms with E-state index in [1.807, 2.05) is 0 Å². The zero-order chi connectivity index (χ0) is 18.4. The third-order valence-electron chi connectivity index (χ3n) is 0.408. The number of hydrogen-bond acceptors (Lipinski definition) is 7. The zero-order valence-electron chi connectivity index (χ0n) is 13.8. The number of rotatable bonds is 2. The van der Waals surface area contributed by atoms with Crippen molar-refractivity contribution in [1.29, 1.82) is 0 Å². The summed E-state index contributed by atoms with van der Waals surface area (Å²) in [6.07, 6.45) is 0.944. The Bertz CT molecular complexity index is 212. The third-order valence-corrected chi connectivity index (χ3v) is 0.408. The maximum absolute atomic E-state index is 9.00. The van der Waals surface area contributed by atoms with E-state index in [9.17, 15) is 0 Å². The molecule has 0 spiro atoms. The molecule has 0 amide bonds. The van der Waals surface area contributed by atoms with Crippen LogP contribution >= 0.6 is 0 Å². The van der Waals surface area contributed by atoms with Gasteiger partial charge in [0.1, 0.15) is 0 Å². The summed E-state index contributed by atoms with van der Waals surface area (Å²) < 4.78 is 0. The van der Waals surface area contributed by atoms with Crippen LogP contribution in [0.2, 0.25) is 0 Å². The molecule has 0 unspecified atom stereocenters. The SMILES string of the molecule is CC(=O)O.CC(=O)O.CC(=O)O.CC(=O)O.N.NCCCN.[Fe]. The summed E-state index contributed by atoms with van der Waals surface area (Å²) in [5.41, 5.74) is 10.1. The van der Waals surface area contributed by atoms with E-state index < -0.39 is 23.9 Å². The van der Waals surface area contributed by atoms with Crippen LogP contribution in [0.5, 0.6) is 0 Å². The molecule has 0 saturated heterocycles. The molecule has 0 rings (SSSR count). The fourth-order valence-corrected chi connectivity index (χ4v) is 0.118. The monoisotopic (exact) mass is 387 g/mol. The van der Waals surface area contributed by atoms with Gasteiger partial charge in [0.05, 0.1) is 0 Å². The predicted octanol–water partition coefficient (Wildman–Crippen LogP) is -0.183. The minimum atomic E-state index is -0.833. The predicted molar refractivity (Wildman–Crippen MR) is 81.0 cm³/mol. The second-order valence-electron chi connectivity index (χ2n) is 3.01. The molecule has 144 valence electrons. The van der Waals surface area contributed by atoms with Crippen molar-refractivity contribution in [3.63, 3.8) is 0 Å². The first-order valence-electron chi connectivity index (χ1n) is 5.53. The molecule has 0 heterocycles. The molecular weight excluding hydrogens is 358 g/mol. The van der Waals surface area contributed by atoms with Crippen LogP contribution in [-0.4, -0.2) is 57.4 Å². The Balaban J connectivity index is -0.0000000273. The van der Waals surface area contributed by atoms with E-state index in [0.717, 1.165) is 47.2 Å². The minimum Gasteiger partial charge on any atom is -0.481 e. The Kier molecular flexibility index (Phi) is 79.8. The van der Waals surface area contributed by atoms with Crippen LogP contribution < -0.4 is 17.6 Å². The smallest absolute Gasteiger partial charge is 0.300 e.